The highest BCUT2D eigenvalue weighted by Gasteiger charge is 2.44. The van der Waals surface area contributed by atoms with Gasteiger partial charge in [0, 0.05) is 12.8 Å². The average Bonchev–Trinajstić information content (AvgIpc) is 3.21. The lowest BCUT2D eigenvalue weighted by Crippen LogP contribution is -2.59. The Labute approximate surface area is 346 Å². The molecule has 0 aromatic rings. The van der Waals surface area contributed by atoms with Gasteiger partial charge in [0.15, 0.2) is 12.4 Å². The van der Waals surface area contributed by atoms with Crippen molar-refractivity contribution in [1.82, 2.24) is 0 Å². The van der Waals surface area contributed by atoms with Crippen LogP contribution in [0.5, 0.6) is 0 Å². The second-order valence-corrected chi connectivity index (χ2v) is 15.8. The highest BCUT2D eigenvalue weighted by molar-refractivity contribution is 5.70. The number of rotatable bonds is 38. The van der Waals surface area contributed by atoms with Crippen LogP contribution in [-0.4, -0.2) is 89.0 Å². The van der Waals surface area contributed by atoms with Crippen LogP contribution in [0.3, 0.4) is 0 Å². The molecule has 57 heavy (non-hydrogen) atoms. The van der Waals surface area contributed by atoms with Crippen LogP contribution in [0.15, 0.2) is 36.5 Å². The van der Waals surface area contributed by atoms with Crippen molar-refractivity contribution in [3.63, 3.8) is 0 Å². The van der Waals surface area contributed by atoms with Crippen LogP contribution in [0.25, 0.3) is 0 Å². The van der Waals surface area contributed by atoms with Crippen molar-refractivity contribution in [1.29, 1.82) is 0 Å². The fourth-order valence-corrected chi connectivity index (χ4v) is 6.80. The van der Waals surface area contributed by atoms with Crippen molar-refractivity contribution in [2.24, 2.45) is 0 Å². The maximum Gasteiger partial charge on any atom is 0.306 e. The van der Waals surface area contributed by atoms with Crippen LogP contribution in [0, 0.1) is 0 Å². The lowest BCUT2D eigenvalue weighted by atomic mass is 9.99. The van der Waals surface area contributed by atoms with E-state index in [9.17, 15) is 30.0 Å². The van der Waals surface area contributed by atoms with E-state index in [1.165, 1.54) is 103 Å². The summed E-state index contributed by atoms with van der Waals surface area (Å²) in [5, 5.41) is 40.1. The van der Waals surface area contributed by atoms with Gasteiger partial charge in [-0.2, -0.15) is 0 Å². The smallest absolute Gasteiger partial charge is 0.306 e. The van der Waals surface area contributed by atoms with Gasteiger partial charge < -0.3 is 39.4 Å². The summed E-state index contributed by atoms with van der Waals surface area (Å²) in [6.07, 6.45) is 35.8. The molecule has 1 heterocycles. The number of carbonyl (C=O) groups excluding carboxylic acids is 2. The van der Waals surface area contributed by atoms with E-state index in [-0.39, 0.29) is 26.1 Å². The third-order valence-corrected chi connectivity index (χ3v) is 10.5. The number of ether oxygens (including phenoxy) is 4. The van der Waals surface area contributed by atoms with Gasteiger partial charge in [-0.15, -0.1) is 0 Å². The predicted molar refractivity (Wildman–Crippen MR) is 229 cm³/mol. The summed E-state index contributed by atoms with van der Waals surface area (Å²) in [4.78, 5) is 25.3. The van der Waals surface area contributed by atoms with Gasteiger partial charge in [0.25, 0.3) is 0 Å². The molecule has 2 unspecified atom stereocenters. The molecule has 10 heteroatoms. The van der Waals surface area contributed by atoms with Gasteiger partial charge >= 0.3 is 11.9 Å². The van der Waals surface area contributed by atoms with Crippen LogP contribution in [0.4, 0.5) is 0 Å². The predicted octanol–water partition coefficient (Wildman–Crippen LogP) is 9.89. The van der Waals surface area contributed by atoms with Crippen LogP contribution in [0.1, 0.15) is 194 Å². The Kier molecular flexibility index (Phi) is 35.4. The molecule has 0 aromatic carbocycles. The van der Waals surface area contributed by atoms with Gasteiger partial charge in [-0.3, -0.25) is 9.59 Å². The molecule has 1 fully saturated rings. The molecular formula is C47H84O10. The van der Waals surface area contributed by atoms with Gasteiger partial charge in [0.05, 0.1) is 13.2 Å². The van der Waals surface area contributed by atoms with Crippen LogP contribution in [-0.2, 0) is 28.5 Å². The molecular weight excluding hydrogens is 725 g/mol. The first-order valence-electron chi connectivity index (χ1n) is 23.1. The fourth-order valence-electron chi connectivity index (χ4n) is 6.80. The fraction of sp³-hybridized carbons (Fsp3) is 0.830. The van der Waals surface area contributed by atoms with Gasteiger partial charge in [-0.1, -0.05) is 147 Å². The zero-order valence-corrected chi connectivity index (χ0v) is 36.1. The molecule has 6 atom stereocenters. The summed E-state index contributed by atoms with van der Waals surface area (Å²) < 4.78 is 22.1. The Morgan fingerprint density at radius 1 is 0.544 bits per heavy atom. The van der Waals surface area contributed by atoms with E-state index >= 15 is 0 Å². The van der Waals surface area contributed by atoms with Crippen molar-refractivity contribution in [3.8, 4) is 0 Å². The minimum absolute atomic E-state index is 0.217. The van der Waals surface area contributed by atoms with E-state index in [4.69, 9.17) is 18.9 Å². The summed E-state index contributed by atoms with van der Waals surface area (Å²) in [5.41, 5.74) is 0. The lowest BCUT2D eigenvalue weighted by Gasteiger charge is -2.39. The Bertz CT molecular complexity index is 1030. The maximum atomic E-state index is 12.8. The largest absolute Gasteiger partial charge is 0.462 e. The van der Waals surface area contributed by atoms with Crippen molar-refractivity contribution in [2.45, 2.75) is 230 Å². The molecule has 0 aliphatic carbocycles. The summed E-state index contributed by atoms with van der Waals surface area (Å²) in [6.45, 7) is 3.37. The minimum Gasteiger partial charge on any atom is -0.462 e. The van der Waals surface area contributed by atoms with Crippen molar-refractivity contribution < 1.29 is 49.0 Å². The third kappa shape index (κ3) is 29.7. The first-order chi connectivity index (χ1) is 27.8. The molecule has 1 aliphatic heterocycles. The number of allylic oxidation sites excluding steroid dienone is 6. The molecule has 1 saturated heterocycles. The minimum atomic E-state index is -1.60. The van der Waals surface area contributed by atoms with Gasteiger partial charge in [0.1, 0.15) is 31.0 Å². The molecule has 0 radical (unpaired) electrons. The van der Waals surface area contributed by atoms with E-state index in [1.54, 1.807) is 0 Å². The van der Waals surface area contributed by atoms with E-state index in [0.717, 1.165) is 51.4 Å². The van der Waals surface area contributed by atoms with Crippen LogP contribution < -0.4 is 0 Å². The van der Waals surface area contributed by atoms with Gasteiger partial charge in [0.2, 0.25) is 0 Å². The van der Waals surface area contributed by atoms with Crippen molar-refractivity contribution in [2.75, 3.05) is 19.8 Å². The Morgan fingerprint density at radius 3 is 1.54 bits per heavy atom. The summed E-state index contributed by atoms with van der Waals surface area (Å²) in [5.74, 6) is -0.839. The monoisotopic (exact) mass is 809 g/mol. The zero-order valence-electron chi connectivity index (χ0n) is 36.1. The maximum absolute atomic E-state index is 12.8. The Morgan fingerprint density at radius 2 is 0.982 bits per heavy atom. The van der Waals surface area contributed by atoms with Crippen molar-refractivity contribution >= 4 is 11.9 Å². The summed E-state index contributed by atoms with van der Waals surface area (Å²) >= 11 is 0. The van der Waals surface area contributed by atoms with Crippen LogP contribution in [0.2, 0.25) is 0 Å². The van der Waals surface area contributed by atoms with E-state index in [2.05, 4.69) is 50.3 Å². The quantitative estimate of drug-likeness (QED) is 0.0270. The van der Waals surface area contributed by atoms with Crippen molar-refractivity contribution in [3.05, 3.63) is 36.5 Å². The number of unbranched alkanes of at least 4 members (excludes halogenated alkanes) is 21. The molecule has 1 aliphatic rings. The van der Waals surface area contributed by atoms with Gasteiger partial charge in [-0.25, -0.2) is 0 Å². The second-order valence-electron chi connectivity index (χ2n) is 15.8. The molecule has 332 valence electrons. The van der Waals surface area contributed by atoms with Crippen LogP contribution >= 0.6 is 0 Å². The number of hydrogen-bond donors (Lipinski definition) is 4. The summed E-state index contributed by atoms with van der Waals surface area (Å²) in [6, 6.07) is 0. The number of hydrogen-bond acceptors (Lipinski definition) is 10. The Balaban J connectivity index is 2.34. The highest BCUT2D eigenvalue weighted by Crippen LogP contribution is 2.22. The van der Waals surface area contributed by atoms with E-state index < -0.39 is 55.4 Å². The topological polar surface area (TPSA) is 152 Å². The highest BCUT2D eigenvalue weighted by atomic mass is 16.7. The zero-order chi connectivity index (χ0) is 41.6. The molecule has 0 aromatic heterocycles. The molecule has 4 N–H and O–H groups in total. The average molecular weight is 809 g/mol. The molecule has 1 rings (SSSR count). The lowest BCUT2D eigenvalue weighted by molar-refractivity contribution is -0.305. The van der Waals surface area contributed by atoms with E-state index in [0.29, 0.717) is 12.8 Å². The summed E-state index contributed by atoms with van der Waals surface area (Å²) in [7, 11) is 0. The standard InChI is InChI=1S/C47H84O10/c1-3-5-7-9-11-13-15-17-19-20-22-24-26-28-30-32-34-36-43(50)56-40(39-55-47-46(53)45(52)44(51)41(37-48)57-47)38-54-42(49)35-33-31-29-27-25-23-21-18-16-14-12-10-8-6-4-2/h11,13,17,19,25,27,40-41,44-48,51-53H,3-10,12,14-16,18,20-24,26,28-39H2,1-2H3/b13-11+,19-17+,27-25+/t40-,41-,44+,45?,46?,47-/m1/s1. The molecule has 10 nitrogen and oxygen atoms in total. The molecule has 0 amide bonds. The molecule has 0 spiro atoms. The SMILES string of the molecule is CCCCC/C=C/C/C=C/CCCCCCCCCC(=O)O[C@H](COC(=O)CCCC/C=C/CCCCCCCCCCC)CO[C@@H]1O[C@H](CO)[C@H](O)C(O)C1O. The second kappa shape index (κ2) is 38.1. The number of aliphatic hydroxyl groups excluding tert-OH is 4. The molecule has 0 saturated carbocycles. The number of aliphatic hydroxyl groups is 4. The van der Waals surface area contributed by atoms with E-state index in [1.807, 2.05) is 0 Å². The first-order valence-corrected chi connectivity index (χ1v) is 23.1. The number of esters is 2. The first kappa shape index (κ1) is 52.9. The Hall–Kier alpha value is -2.08. The third-order valence-electron chi connectivity index (χ3n) is 10.5. The molecule has 0 bridgehead atoms. The normalized spacial score (nSPS) is 20.6. The number of carbonyl (C=O) groups is 2. The van der Waals surface area contributed by atoms with Gasteiger partial charge in [-0.05, 0) is 70.6 Å².